The number of carbonyl (C=O) groups is 2. The standard InChI is InChI=1S/C17H26N4O6S/c1-5-6-11(16(24)27-20-17(2,3)4)12(15(22)23)26-14-13(18-28-19-14)21-7-9-25-10-8-21/h20H,5-10H2,1-4H3,(H,22,23)/b12-11+. The second kappa shape index (κ2) is 9.80. The van der Waals surface area contributed by atoms with Gasteiger partial charge < -0.3 is 24.3 Å². The number of anilines is 1. The summed E-state index contributed by atoms with van der Waals surface area (Å²) in [6, 6.07) is 0. The molecule has 0 saturated carbocycles. The SMILES string of the molecule is CCC/C(C(=O)ONC(C)(C)C)=C(\Oc1nsnc1N1CCOCC1)C(=O)O. The van der Waals surface area contributed by atoms with Crippen LogP contribution >= 0.6 is 11.7 Å². The molecule has 1 aliphatic heterocycles. The molecule has 0 aliphatic carbocycles. The van der Waals surface area contributed by atoms with Crippen LogP contribution in [0.25, 0.3) is 0 Å². The van der Waals surface area contributed by atoms with Gasteiger partial charge in [0.1, 0.15) is 0 Å². The lowest BCUT2D eigenvalue weighted by Gasteiger charge is -2.26. The van der Waals surface area contributed by atoms with Gasteiger partial charge >= 0.3 is 11.9 Å². The largest absolute Gasteiger partial charge is 0.475 e. The first-order valence-corrected chi connectivity index (χ1v) is 9.74. The van der Waals surface area contributed by atoms with E-state index in [1.807, 2.05) is 32.6 Å². The number of carboxylic acids is 1. The molecule has 1 aromatic rings. The van der Waals surface area contributed by atoms with Crippen LogP contribution in [0, 0.1) is 0 Å². The predicted molar refractivity (Wildman–Crippen MR) is 102 cm³/mol. The molecule has 0 radical (unpaired) electrons. The Morgan fingerprint density at radius 2 is 1.96 bits per heavy atom. The van der Waals surface area contributed by atoms with Crippen molar-refractivity contribution in [3.8, 4) is 5.88 Å². The summed E-state index contributed by atoms with van der Waals surface area (Å²) in [6.07, 6.45) is 0.711. The van der Waals surface area contributed by atoms with Gasteiger partial charge in [0.25, 0.3) is 5.88 Å². The minimum atomic E-state index is -1.38. The molecule has 0 bridgehead atoms. The van der Waals surface area contributed by atoms with Crippen molar-refractivity contribution in [1.82, 2.24) is 14.2 Å². The Morgan fingerprint density at radius 3 is 2.54 bits per heavy atom. The van der Waals surface area contributed by atoms with E-state index in [1.165, 1.54) is 0 Å². The summed E-state index contributed by atoms with van der Waals surface area (Å²) < 4.78 is 19.2. The molecule has 28 heavy (non-hydrogen) atoms. The molecule has 0 spiro atoms. The van der Waals surface area contributed by atoms with E-state index in [-0.39, 0.29) is 17.9 Å². The van der Waals surface area contributed by atoms with Crippen LogP contribution in [-0.2, 0) is 19.2 Å². The van der Waals surface area contributed by atoms with Gasteiger partial charge in [0.2, 0.25) is 11.6 Å². The van der Waals surface area contributed by atoms with Gasteiger partial charge in [0.05, 0.1) is 30.5 Å². The maximum Gasteiger partial charge on any atom is 0.372 e. The number of carboxylic acid groups (broad SMARTS) is 1. The minimum Gasteiger partial charge on any atom is -0.475 e. The fourth-order valence-electron chi connectivity index (χ4n) is 2.36. The Kier molecular flexibility index (Phi) is 7.72. The quantitative estimate of drug-likeness (QED) is 0.369. The van der Waals surface area contributed by atoms with Crippen LogP contribution in [-0.4, -0.2) is 57.6 Å². The second-order valence-electron chi connectivity index (χ2n) is 7.20. The molecule has 0 aromatic carbocycles. The number of rotatable bonds is 8. The summed E-state index contributed by atoms with van der Waals surface area (Å²) in [5.74, 6) is -2.20. The molecular formula is C17H26N4O6S. The normalized spacial score (nSPS) is 15.8. The van der Waals surface area contributed by atoms with Crippen molar-refractivity contribution in [2.24, 2.45) is 0 Å². The molecule has 1 saturated heterocycles. The maximum atomic E-state index is 12.5. The number of nitrogens with zero attached hydrogens (tertiary/aromatic N) is 3. The highest BCUT2D eigenvalue weighted by Gasteiger charge is 2.28. The third-order valence-electron chi connectivity index (χ3n) is 3.62. The molecular weight excluding hydrogens is 388 g/mol. The predicted octanol–water partition coefficient (Wildman–Crippen LogP) is 1.74. The molecule has 1 aromatic heterocycles. The van der Waals surface area contributed by atoms with E-state index in [0.29, 0.717) is 38.5 Å². The van der Waals surface area contributed by atoms with E-state index in [4.69, 9.17) is 14.3 Å². The molecule has 2 N–H and O–H groups in total. The zero-order valence-electron chi connectivity index (χ0n) is 16.5. The lowest BCUT2D eigenvalue weighted by atomic mass is 10.1. The van der Waals surface area contributed by atoms with Gasteiger partial charge in [-0.1, -0.05) is 13.3 Å². The Labute approximate surface area is 167 Å². The highest BCUT2D eigenvalue weighted by molar-refractivity contribution is 6.99. The van der Waals surface area contributed by atoms with Crippen LogP contribution < -0.4 is 15.1 Å². The smallest absolute Gasteiger partial charge is 0.372 e. The van der Waals surface area contributed by atoms with Crippen LogP contribution in [0.1, 0.15) is 40.5 Å². The highest BCUT2D eigenvalue weighted by atomic mass is 32.1. The summed E-state index contributed by atoms with van der Waals surface area (Å²) in [6.45, 7) is 9.51. The van der Waals surface area contributed by atoms with Gasteiger partial charge in [-0.15, -0.1) is 9.85 Å². The van der Waals surface area contributed by atoms with Crippen molar-refractivity contribution in [1.29, 1.82) is 0 Å². The molecule has 0 atom stereocenters. The van der Waals surface area contributed by atoms with E-state index in [0.717, 1.165) is 11.7 Å². The fourth-order valence-corrected chi connectivity index (χ4v) is 2.86. The Hall–Kier alpha value is -2.24. The van der Waals surface area contributed by atoms with Gasteiger partial charge in [0, 0.05) is 18.6 Å². The Balaban J connectivity index is 2.29. The number of hydroxylamine groups is 1. The summed E-state index contributed by atoms with van der Waals surface area (Å²) in [5, 5.41) is 9.66. The number of aliphatic carboxylic acids is 1. The van der Waals surface area contributed by atoms with E-state index < -0.39 is 23.2 Å². The zero-order chi connectivity index (χ0) is 20.7. The lowest BCUT2D eigenvalue weighted by molar-refractivity contribution is -0.151. The van der Waals surface area contributed by atoms with Crippen LogP contribution in [0.4, 0.5) is 5.82 Å². The molecule has 2 heterocycles. The fraction of sp³-hybridized carbons (Fsp3) is 0.647. The average molecular weight is 414 g/mol. The molecule has 156 valence electrons. The maximum absolute atomic E-state index is 12.5. The van der Waals surface area contributed by atoms with Crippen LogP contribution in [0.15, 0.2) is 11.3 Å². The van der Waals surface area contributed by atoms with E-state index in [2.05, 4.69) is 14.2 Å². The number of hydrogen-bond donors (Lipinski definition) is 2. The molecule has 1 fully saturated rings. The Morgan fingerprint density at radius 1 is 1.29 bits per heavy atom. The summed E-state index contributed by atoms with van der Waals surface area (Å²) >= 11 is 0.909. The van der Waals surface area contributed by atoms with Crippen molar-refractivity contribution in [2.75, 3.05) is 31.2 Å². The number of ether oxygens (including phenoxy) is 2. The third kappa shape index (κ3) is 6.14. The Bertz CT molecular complexity index is 721. The van der Waals surface area contributed by atoms with Crippen molar-refractivity contribution in [2.45, 2.75) is 46.1 Å². The molecule has 0 amide bonds. The topological polar surface area (TPSA) is 123 Å². The number of nitrogens with one attached hydrogen (secondary N) is 1. The summed E-state index contributed by atoms with van der Waals surface area (Å²) in [5.41, 5.74) is 2.03. The average Bonchev–Trinajstić information content (AvgIpc) is 3.11. The van der Waals surface area contributed by atoms with Crippen molar-refractivity contribution < 1.29 is 29.0 Å². The molecule has 0 unspecified atom stereocenters. The summed E-state index contributed by atoms with van der Waals surface area (Å²) in [4.78, 5) is 31.3. The first kappa shape index (κ1) is 22.1. The van der Waals surface area contributed by atoms with Crippen molar-refractivity contribution >= 4 is 29.5 Å². The van der Waals surface area contributed by atoms with Crippen LogP contribution in [0.5, 0.6) is 5.88 Å². The third-order valence-corrected chi connectivity index (χ3v) is 4.12. The molecule has 11 heteroatoms. The number of morpholine rings is 1. The number of hydrogen-bond acceptors (Lipinski definition) is 10. The van der Waals surface area contributed by atoms with Crippen molar-refractivity contribution in [3.05, 3.63) is 11.3 Å². The van der Waals surface area contributed by atoms with Crippen LogP contribution in [0.2, 0.25) is 0 Å². The van der Waals surface area contributed by atoms with Gasteiger partial charge in [0.15, 0.2) is 0 Å². The van der Waals surface area contributed by atoms with Gasteiger partial charge in [-0.3, -0.25) is 0 Å². The van der Waals surface area contributed by atoms with Crippen molar-refractivity contribution in [3.63, 3.8) is 0 Å². The molecule has 2 rings (SSSR count). The molecule has 1 aliphatic rings. The monoisotopic (exact) mass is 414 g/mol. The van der Waals surface area contributed by atoms with E-state index in [1.54, 1.807) is 0 Å². The minimum absolute atomic E-state index is 0.0504. The first-order valence-electron chi connectivity index (χ1n) is 9.00. The van der Waals surface area contributed by atoms with Gasteiger partial charge in [-0.05, 0) is 27.2 Å². The van der Waals surface area contributed by atoms with Crippen LogP contribution in [0.3, 0.4) is 0 Å². The lowest BCUT2D eigenvalue weighted by Crippen LogP contribution is -2.38. The highest BCUT2D eigenvalue weighted by Crippen LogP contribution is 2.29. The first-order chi connectivity index (χ1) is 13.2. The molecule has 10 nitrogen and oxygen atoms in total. The second-order valence-corrected chi connectivity index (χ2v) is 7.73. The summed E-state index contributed by atoms with van der Waals surface area (Å²) in [7, 11) is 0. The zero-order valence-corrected chi connectivity index (χ0v) is 17.3. The van der Waals surface area contributed by atoms with Gasteiger partial charge in [-0.25, -0.2) is 9.59 Å². The van der Waals surface area contributed by atoms with E-state index in [9.17, 15) is 14.7 Å². The number of carbonyl (C=O) groups excluding carboxylic acids is 1. The number of aromatic nitrogens is 2. The van der Waals surface area contributed by atoms with E-state index >= 15 is 0 Å². The van der Waals surface area contributed by atoms with Gasteiger partial charge in [-0.2, -0.15) is 4.37 Å².